The summed E-state index contributed by atoms with van der Waals surface area (Å²) in [5, 5.41) is 5.66. The number of H-pyrrole nitrogens is 1. The number of anilines is 1. The van der Waals surface area contributed by atoms with Crippen LogP contribution < -0.4 is 5.73 Å². The fraction of sp³-hybridized carbons (Fsp3) is 0.294. The van der Waals surface area contributed by atoms with E-state index in [4.69, 9.17) is 33.5 Å². The molecule has 8 heteroatoms. The first-order valence-electron chi connectivity index (χ1n) is 8.01. The van der Waals surface area contributed by atoms with Crippen molar-refractivity contribution in [3.8, 4) is 0 Å². The number of piperidine rings is 1. The van der Waals surface area contributed by atoms with E-state index < -0.39 is 0 Å². The van der Waals surface area contributed by atoms with Gasteiger partial charge in [-0.2, -0.15) is 0 Å². The van der Waals surface area contributed by atoms with E-state index in [1.165, 1.54) is 0 Å². The Morgan fingerprint density at radius 1 is 1.28 bits per heavy atom. The van der Waals surface area contributed by atoms with Gasteiger partial charge in [0, 0.05) is 36.0 Å². The molecule has 3 N–H and O–H groups in total. The number of carbonyl (C=O) groups excluding carboxylic acids is 1. The molecule has 0 bridgehead atoms. The fourth-order valence-electron chi connectivity index (χ4n) is 3.30. The number of aromatic amines is 1. The van der Waals surface area contributed by atoms with E-state index in [0.717, 1.165) is 29.4 Å². The Morgan fingerprint density at radius 2 is 2.04 bits per heavy atom. The highest BCUT2D eigenvalue weighted by Crippen LogP contribution is 2.32. The van der Waals surface area contributed by atoms with Gasteiger partial charge in [0.1, 0.15) is 5.69 Å². The van der Waals surface area contributed by atoms with Crippen molar-refractivity contribution in [2.45, 2.75) is 18.8 Å². The monoisotopic (exact) mass is 378 g/mol. The van der Waals surface area contributed by atoms with E-state index in [1.807, 2.05) is 11.0 Å². The lowest BCUT2D eigenvalue weighted by Gasteiger charge is -2.30. The maximum absolute atomic E-state index is 12.8. The van der Waals surface area contributed by atoms with Crippen LogP contribution in [0.2, 0.25) is 10.0 Å². The second-order valence-electron chi connectivity index (χ2n) is 6.23. The molecular formula is C17H16Cl2N4O2. The summed E-state index contributed by atoms with van der Waals surface area (Å²) in [4.78, 5) is 17.7. The molecule has 0 radical (unpaired) electrons. The number of hydrogen-bond donors (Lipinski definition) is 2. The molecule has 1 saturated heterocycles. The minimum atomic E-state index is -0.0403. The highest BCUT2D eigenvalue weighted by molar-refractivity contribution is 6.45. The van der Waals surface area contributed by atoms with E-state index >= 15 is 0 Å². The Balaban J connectivity index is 1.50. The highest BCUT2D eigenvalue weighted by atomic mass is 35.5. The number of hydrogen-bond acceptors (Lipinski definition) is 4. The number of rotatable bonds is 2. The summed E-state index contributed by atoms with van der Waals surface area (Å²) < 4.78 is 4.93. The van der Waals surface area contributed by atoms with E-state index in [1.54, 1.807) is 18.2 Å². The van der Waals surface area contributed by atoms with Crippen molar-refractivity contribution in [1.82, 2.24) is 15.0 Å². The average molecular weight is 379 g/mol. The van der Waals surface area contributed by atoms with Crippen molar-refractivity contribution in [2.24, 2.45) is 0 Å². The van der Waals surface area contributed by atoms with Crippen LogP contribution in [0, 0.1) is 0 Å². The van der Waals surface area contributed by atoms with Gasteiger partial charge in [-0.15, -0.1) is 0 Å². The second kappa shape index (κ2) is 6.28. The topological polar surface area (TPSA) is 88.1 Å². The molecule has 130 valence electrons. The van der Waals surface area contributed by atoms with Gasteiger partial charge in [-0.05, 0) is 31.0 Å². The highest BCUT2D eigenvalue weighted by Gasteiger charge is 2.27. The number of nitrogens with zero attached hydrogens (tertiary/aromatic N) is 2. The summed E-state index contributed by atoms with van der Waals surface area (Å²) in [6.45, 7) is 1.31. The number of nitrogens with one attached hydrogen (secondary N) is 1. The SMILES string of the molecule is Nc1cc(C2CCN(C(=O)c3cc4c(Cl)c(Cl)ccc4[nH]3)CC2)no1. The molecule has 1 aliphatic heterocycles. The molecule has 0 saturated carbocycles. The molecule has 0 aliphatic carbocycles. The van der Waals surface area contributed by atoms with Crippen molar-refractivity contribution in [3.63, 3.8) is 0 Å². The van der Waals surface area contributed by atoms with Crippen molar-refractivity contribution in [2.75, 3.05) is 18.8 Å². The maximum Gasteiger partial charge on any atom is 0.270 e. The molecule has 1 aliphatic rings. The zero-order valence-corrected chi connectivity index (χ0v) is 14.8. The molecular weight excluding hydrogens is 363 g/mol. The van der Waals surface area contributed by atoms with Crippen molar-refractivity contribution >= 4 is 45.9 Å². The van der Waals surface area contributed by atoms with E-state index in [9.17, 15) is 4.79 Å². The third-order valence-electron chi connectivity index (χ3n) is 4.67. The summed E-state index contributed by atoms with van der Waals surface area (Å²) in [5.74, 6) is 0.546. The molecule has 1 amide bonds. The number of nitrogen functional groups attached to an aromatic ring is 1. The van der Waals surface area contributed by atoms with E-state index in [0.29, 0.717) is 34.7 Å². The Kier molecular flexibility index (Phi) is 4.09. The number of amides is 1. The van der Waals surface area contributed by atoms with Crippen LogP contribution in [-0.4, -0.2) is 34.0 Å². The number of fused-ring (bicyclic) bond motifs is 1. The first-order valence-corrected chi connectivity index (χ1v) is 8.76. The molecule has 3 aromatic rings. The molecule has 2 aromatic heterocycles. The molecule has 1 fully saturated rings. The van der Waals surface area contributed by atoms with Gasteiger partial charge in [-0.1, -0.05) is 28.4 Å². The van der Waals surface area contributed by atoms with Gasteiger partial charge in [0.15, 0.2) is 0 Å². The molecule has 0 unspecified atom stereocenters. The van der Waals surface area contributed by atoms with E-state index in [2.05, 4.69) is 10.1 Å². The predicted molar refractivity (Wildman–Crippen MR) is 97.1 cm³/mol. The van der Waals surface area contributed by atoms with E-state index in [-0.39, 0.29) is 11.8 Å². The Labute approximate surface area is 153 Å². The van der Waals surface area contributed by atoms with Gasteiger partial charge in [0.2, 0.25) is 5.88 Å². The lowest BCUT2D eigenvalue weighted by molar-refractivity contribution is 0.0706. The summed E-state index contributed by atoms with van der Waals surface area (Å²) in [5.41, 5.74) is 7.75. The third-order valence-corrected chi connectivity index (χ3v) is 5.49. The number of carbonyl (C=O) groups is 1. The van der Waals surface area contributed by atoms with Crippen molar-refractivity contribution in [3.05, 3.63) is 45.7 Å². The third kappa shape index (κ3) is 2.96. The lowest BCUT2D eigenvalue weighted by atomic mass is 9.93. The number of aromatic nitrogens is 2. The van der Waals surface area contributed by atoms with Crippen LogP contribution in [-0.2, 0) is 0 Å². The minimum absolute atomic E-state index is 0.0403. The van der Waals surface area contributed by atoms with Gasteiger partial charge >= 0.3 is 0 Å². The molecule has 0 atom stereocenters. The van der Waals surface area contributed by atoms with Gasteiger partial charge in [0.05, 0.1) is 15.7 Å². The minimum Gasteiger partial charge on any atom is -0.368 e. The number of halogens is 2. The number of nitrogens with two attached hydrogens (primary N) is 1. The quantitative estimate of drug-likeness (QED) is 0.703. The zero-order chi connectivity index (χ0) is 17.6. The van der Waals surface area contributed by atoms with Crippen LogP contribution >= 0.6 is 23.2 Å². The summed E-state index contributed by atoms with van der Waals surface area (Å²) >= 11 is 12.3. The second-order valence-corrected chi connectivity index (χ2v) is 7.01. The molecule has 25 heavy (non-hydrogen) atoms. The smallest absolute Gasteiger partial charge is 0.270 e. The normalized spacial score (nSPS) is 15.8. The predicted octanol–water partition coefficient (Wildman–Crippen LogP) is 4.06. The van der Waals surface area contributed by atoms with Crippen molar-refractivity contribution in [1.29, 1.82) is 0 Å². The van der Waals surface area contributed by atoms with Crippen LogP contribution in [0.5, 0.6) is 0 Å². The van der Waals surface area contributed by atoms with Gasteiger partial charge in [-0.3, -0.25) is 4.79 Å². The molecule has 1 aromatic carbocycles. The summed E-state index contributed by atoms with van der Waals surface area (Å²) in [6.07, 6.45) is 1.65. The van der Waals surface area contributed by atoms with Crippen LogP contribution in [0.3, 0.4) is 0 Å². The first-order chi connectivity index (χ1) is 12.0. The van der Waals surface area contributed by atoms with Gasteiger partial charge in [0.25, 0.3) is 5.91 Å². The Morgan fingerprint density at radius 3 is 2.72 bits per heavy atom. The first kappa shape index (κ1) is 16.3. The Hall–Kier alpha value is -2.18. The van der Waals surface area contributed by atoms with Crippen LogP contribution in [0.25, 0.3) is 10.9 Å². The lowest BCUT2D eigenvalue weighted by Crippen LogP contribution is -2.38. The average Bonchev–Trinajstić information content (AvgIpc) is 3.24. The molecule has 0 spiro atoms. The van der Waals surface area contributed by atoms with Crippen LogP contribution in [0.4, 0.5) is 5.88 Å². The number of benzene rings is 1. The molecule has 4 rings (SSSR count). The largest absolute Gasteiger partial charge is 0.368 e. The standard InChI is InChI=1S/C17H16Cl2N4O2/c18-11-1-2-12-10(16(11)19)7-14(21-12)17(24)23-5-3-9(4-6-23)13-8-15(20)25-22-13/h1-2,7-9,21H,3-6,20H2. The van der Waals surface area contributed by atoms with Crippen molar-refractivity contribution < 1.29 is 9.32 Å². The summed E-state index contributed by atoms with van der Waals surface area (Å²) in [7, 11) is 0. The van der Waals surface area contributed by atoms with Gasteiger partial charge in [-0.25, -0.2) is 0 Å². The fourth-order valence-corrected chi connectivity index (χ4v) is 3.69. The molecule has 6 nitrogen and oxygen atoms in total. The Bertz CT molecular complexity index is 941. The van der Waals surface area contributed by atoms with Crippen LogP contribution in [0.15, 0.2) is 28.8 Å². The van der Waals surface area contributed by atoms with Gasteiger partial charge < -0.3 is 20.1 Å². The zero-order valence-electron chi connectivity index (χ0n) is 13.3. The maximum atomic E-state index is 12.8. The summed E-state index contributed by atoms with van der Waals surface area (Å²) in [6, 6.07) is 7.05. The van der Waals surface area contributed by atoms with Crippen LogP contribution in [0.1, 0.15) is 34.9 Å². The molecule has 3 heterocycles. The number of likely N-dealkylation sites (tertiary alicyclic amines) is 1.